The van der Waals surface area contributed by atoms with Gasteiger partial charge in [-0.1, -0.05) is 30.3 Å². The molecule has 0 N–H and O–H groups in total. The van der Waals surface area contributed by atoms with Crippen molar-refractivity contribution in [1.82, 2.24) is 0 Å². The zero-order valence-electron chi connectivity index (χ0n) is 9.29. The maximum atomic E-state index is 12.4. The minimum atomic E-state index is -4.21. The Morgan fingerprint density at radius 3 is 2.12 bits per heavy atom. The Morgan fingerprint density at radius 2 is 1.69 bits per heavy atom. The van der Waals surface area contributed by atoms with Crippen LogP contribution in [0.5, 0.6) is 0 Å². The molecule has 16 heavy (non-hydrogen) atoms. The molecule has 0 amide bonds. The third kappa shape index (κ3) is 4.66. The molecule has 0 radical (unpaired) electrons. The van der Waals surface area contributed by atoms with E-state index < -0.39 is 18.7 Å². The Balaban J connectivity index is 2.80. The van der Waals surface area contributed by atoms with E-state index in [-0.39, 0.29) is 6.10 Å². The van der Waals surface area contributed by atoms with Gasteiger partial charge >= 0.3 is 6.18 Å². The number of ether oxygens (including phenoxy) is 1. The monoisotopic (exact) mass is 232 g/mol. The van der Waals surface area contributed by atoms with Gasteiger partial charge in [-0.3, -0.25) is 0 Å². The molecule has 1 aromatic carbocycles. The summed E-state index contributed by atoms with van der Waals surface area (Å²) in [5.41, 5.74) is 0.563. The van der Waals surface area contributed by atoms with Crippen molar-refractivity contribution in [3.8, 4) is 0 Å². The van der Waals surface area contributed by atoms with Crippen LogP contribution in [0.2, 0.25) is 0 Å². The van der Waals surface area contributed by atoms with Crippen molar-refractivity contribution in [2.45, 2.75) is 38.7 Å². The van der Waals surface area contributed by atoms with Gasteiger partial charge in [0.25, 0.3) is 0 Å². The molecule has 1 rings (SSSR count). The molecule has 0 aromatic heterocycles. The third-order valence-electron chi connectivity index (χ3n) is 2.02. The molecule has 0 heterocycles. The van der Waals surface area contributed by atoms with Crippen LogP contribution in [0, 0.1) is 0 Å². The van der Waals surface area contributed by atoms with E-state index in [9.17, 15) is 13.2 Å². The molecule has 0 unspecified atom stereocenters. The first-order valence-electron chi connectivity index (χ1n) is 5.15. The zero-order valence-corrected chi connectivity index (χ0v) is 9.29. The predicted molar refractivity (Wildman–Crippen MR) is 56.1 cm³/mol. The summed E-state index contributed by atoms with van der Waals surface area (Å²) < 4.78 is 42.4. The summed E-state index contributed by atoms with van der Waals surface area (Å²) in [7, 11) is 0. The van der Waals surface area contributed by atoms with Crippen LogP contribution in [0.25, 0.3) is 0 Å². The molecule has 1 atom stereocenters. The van der Waals surface area contributed by atoms with E-state index in [1.165, 1.54) is 0 Å². The smallest absolute Gasteiger partial charge is 0.371 e. The van der Waals surface area contributed by atoms with Gasteiger partial charge in [0.1, 0.15) is 0 Å². The first-order chi connectivity index (χ1) is 7.38. The average Bonchev–Trinajstić information content (AvgIpc) is 2.15. The molecule has 0 aliphatic rings. The molecule has 0 fully saturated rings. The highest BCUT2D eigenvalue weighted by molar-refractivity contribution is 5.17. The Bertz CT molecular complexity index is 306. The molecule has 0 aliphatic carbocycles. The van der Waals surface area contributed by atoms with Gasteiger partial charge in [-0.2, -0.15) is 13.2 Å². The molecule has 1 nitrogen and oxygen atoms in total. The molecule has 0 spiro atoms. The van der Waals surface area contributed by atoms with Gasteiger partial charge in [-0.25, -0.2) is 0 Å². The highest BCUT2D eigenvalue weighted by atomic mass is 19.4. The van der Waals surface area contributed by atoms with Crippen LogP contribution in [0.15, 0.2) is 30.3 Å². The van der Waals surface area contributed by atoms with E-state index in [1.54, 1.807) is 44.2 Å². The second-order valence-corrected chi connectivity index (χ2v) is 3.90. The quantitative estimate of drug-likeness (QED) is 0.759. The van der Waals surface area contributed by atoms with Gasteiger partial charge < -0.3 is 4.74 Å². The summed E-state index contributed by atoms with van der Waals surface area (Å²) >= 11 is 0. The molecule has 4 heteroatoms. The number of rotatable bonds is 4. The van der Waals surface area contributed by atoms with Crippen LogP contribution in [-0.4, -0.2) is 12.3 Å². The van der Waals surface area contributed by atoms with Crippen LogP contribution < -0.4 is 0 Å². The highest BCUT2D eigenvalue weighted by Crippen LogP contribution is 2.32. The molecular formula is C12H15F3O. The van der Waals surface area contributed by atoms with Gasteiger partial charge in [-0.15, -0.1) is 0 Å². The summed E-state index contributed by atoms with van der Waals surface area (Å²) in [5.74, 6) is 0. The van der Waals surface area contributed by atoms with Crippen molar-refractivity contribution < 1.29 is 17.9 Å². The fourth-order valence-electron chi connectivity index (χ4n) is 1.45. The van der Waals surface area contributed by atoms with Crippen molar-refractivity contribution in [3.05, 3.63) is 35.9 Å². The average molecular weight is 232 g/mol. The number of benzene rings is 1. The fourth-order valence-corrected chi connectivity index (χ4v) is 1.45. The van der Waals surface area contributed by atoms with Gasteiger partial charge in [0.2, 0.25) is 0 Å². The van der Waals surface area contributed by atoms with Crippen molar-refractivity contribution in [3.63, 3.8) is 0 Å². The zero-order chi connectivity index (χ0) is 12.2. The number of hydrogen-bond acceptors (Lipinski definition) is 1. The van der Waals surface area contributed by atoms with Crippen LogP contribution in [0.4, 0.5) is 13.2 Å². The van der Waals surface area contributed by atoms with Crippen molar-refractivity contribution >= 4 is 0 Å². The first-order valence-corrected chi connectivity index (χ1v) is 5.15. The lowest BCUT2D eigenvalue weighted by Crippen LogP contribution is -2.19. The minimum absolute atomic E-state index is 0.229. The second kappa shape index (κ2) is 5.34. The molecule has 0 aliphatic heterocycles. The van der Waals surface area contributed by atoms with E-state index >= 15 is 0 Å². The van der Waals surface area contributed by atoms with Gasteiger partial charge in [0.15, 0.2) is 0 Å². The SMILES string of the molecule is CC(C)O[C@@H](CC(F)(F)F)c1ccccc1. The third-order valence-corrected chi connectivity index (χ3v) is 2.02. The van der Waals surface area contributed by atoms with E-state index in [0.717, 1.165) is 0 Å². The summed E-state index contributed by atoms with van der Waals surface area (Å²) in [4.78, 5) is 0. The summed E-state index contributed by atoms with van der Waals surface area (Å²) in [6, 6.07) is 8.49. The summed E-state index contributed by atoms with van der Waals surface area (Å²) in [5, 5.41) is 0. The largest absolute Gasteiger partial charge is 0.391 e. The van der Waals surface area contributed by atoms with Crippen molar-refractivity contribution in [1.29, 1.82) is 0 Å². The first kappa shape index (κ1) is 13.0. The number of halogens is 3. The minimum Gasteiger partial charge on any atom is -0.371 e. The topological polar surface area (TPSA) is 9.23 Å². The molecule has 0 saturated heterocycles. The highest BCUT2D eigenvalue weighted by Gasteiger charge is 2.33. The molecule has 0 bridgehead atoms. The summed E-state index contributed by atoms with van der Waals surface area (Å²) in [6.07, 6.45) is -6.31. The normalized spacial score (nSPS) is 14.1. The fraction of sp³-hybridized carbons (Fsp3) is 0.500. The van der Waals surface area contributed by atoms with Crippen LogP contribution in [-0.2, 0) is 4.74 Å². The Kier molecular flexibility index (Phi) is 4.35. The van der Waals surface area contributed by atoms with Gasteiger partial charge in [0, 0.05) is 0 Å². The van der Waals surface area contributed by atoms with Crippen LogP contribution in [0.3, 0.4) is 0 Å². The molecule has 90 valence electrons. The number of alkyl halides is 3. The lowest BCUT2D eigenvalue weighted by atomic mass is 10.1. The Morgan fingerprint density at radius 1 is 1.12 bits per heavy atom. The predicted octanol–water partition coefficient (Wildman–Crippen LogP) is 4.11. The van der Waals surface area contributed by atoms with Gasteiger partial charge in [0.05, 0.1) is 18.6 Å². The maximum absolute atomic E-state index is 12.4. The van der Waals surface area contributed by atoms with E-state index in [0.29, 0.717) is 5.56 Å². The Labute approximate surface area is 93.2 Å². The van der Waals surface area contributed by atoms with E-state index in [4.69, 9.17) is 4.74 Å². The Hall–Kier alpha value is -1.03. The van der Waals surface area contributed by atoms with Crippen molar-refractivity contribution in [2.24, 2.45) is 0 Å². The standard InChI is InChI=1S/C12H15F3O/c1-9(2)16-11(8-12(13,14)15)10-6-4-3-5-7-10/h3-7,9,11H,8H2,1-2H3/t11-/m0/s1. The second-order valence-electron chi connectivity index (χ2n) is 3.90. The number of hydrogen-bond donors (Lipinski definition) is 0. The molecule has 0 saturated carbocycles. The molecular weight excluding hydrogens is 217 g/mol. The molecule has 1 aromatic rings. The lowest BCUT2D eigenvalue weighted by Gasteiger charge is -2.22. The van der Waals surface area contributed by atoms with E-state index in [2.05, 4.69) is 0 Å². The summed E-state index contributed by atoms with van der Waals surface area (Å²) in [6.45, 7) is 3.46. The van der Waals surface area contributed by atoms with Crippen LogP contribution >= 0.6 is 0 Å². The van der Waals surface area contributed by atoms with Gasteiger partial charge in [-0.05, 0) is 19.4 Å². The maximum Gasteiger partial charge on any atom is 0.391 e. The van der Waals surface area contributed by atoms with Crippen LogP contribution in [0.1, 0.15) is 31.9 Å². The van der Waals surface area contributed by atoms with Crippen molar-refractivity contribution in [2.75, 3.05) is 0 Å². The lowest BCUT2D eigenvalue weighted by molar-refractivity contribution is -0.166. The van der Waals surface area contributed by atoms with E-state index in [1.807, 2.05) is 0 Å².